The highest BCUT2D eigenvalue weighted by atomic mass is 16.5. The van der Waals surface area contributed by atoms with Crippen LogP contribution in [0.25, 0.3) is 0 Å². The van der Waals surface area contributed by atoms with E-state index in [1.807, 2.05) is 18.2 Å². The molecule has 1 heterocycles. The number of carbonyl (C=O) groups excluding carboxylic acids is 2. The molecule has 3 rings (SSSR count). The van der Waals surface area contributed by atoms with Crippen LogP contribution in [0, 0.1) is 0 Å². The van der Waals surface area contributed by atoms with Crippen molar-refractivity contribution < 1.29 is 14.3 Å². The van der Waals surface area contributed by atoms with Gasteiger partial charge in [-0.15, -0.1) is 5.01 Å². The zero-order valence-corrected chi connectivity index (χ0v) is 13.5. The lowest BCUT2D eigenvalue weighted by molar-refractivity contribution is -0.132. The van der Waals surface area contributed by atoms with Crippen molar-refractivity contribution in [3.8, 4) is 5.75 Å². The minimum absolute atomic E-state index is 0.248. The SMILES string of the molecule is C=CCOc1cccc(/C=N\N2C(=O)NC3(CCCCC3)C2=O)c1. The molecule has 0 bridgehead atoms. The van der Waals surface area contributed by atoms with E-state index < -0.39 is 11.6 Å². The third kappa shape index (κ3) is 3.18. The smallest absolute Gasteiger partial charge is 0.346 e. The maximum atomic E-state index is 12.6. The van der Waals surface area contributed by atoms with Crippen LogP contribution in [0.1, 0.15) is 37.7 Å². The lowest BCUT2D eigenvalue weighted by Gasteiger charge is -2.29. The highest BCUT2D eigenvalue weighted by molar-refractivity contribution is 6.07. The summed E-state index contributed by atoms with van der Waals surface area (Å²) in [5.74, 6) is 0.433. The lowest BCUT2D eigenvalue weighted by atomic mass is 9.82. The predicted octanol–water partition coefficient (Wildman–Crippen LogP) is 2.84. The Morgan fingerprint density at radius 1 is 1.29 bits per heavy atom. The summed E-state index contributed by atoms with van der Waals surface area (Å²) >= 11 is 0. The van der Waals surface area contributed by atoms with E-state index in [9.17, 15) is 9.59 Å². The first-order valence-corrected chi connectivity index (χ1v) is 8.19. The van der Waals surface area contributed by atoms with Crippen molar-refractivity contribution >= 4 is 18.2 Å². The fraction of sp³-hybridized carbons (Fsp3) is 0.389. The fourth-order valence-corrected chi connectivity index (χ4v) is 3.17. The standard InChI is InChI=1S/C18H21N3O3/c1-2-11-24-15-8-6-7-14(12-15)13-19-21-16(22)18(20-17(21)23)9-4-3-5-10-18/h2,6-8,12-13H,1,3-5,9-11H2,(H,20,23)/b19-13-. The normalized spacial score (nSPS) is 19.8. The molecule has 6 heteroatoms. The third-order valence-corrected chi connectivity index (χ3v) is 4.40. The van der Waals surface area contributed by atoms with Gasteiger partial charge in [-0.3, -0.25) is 4.79 Å². The number of nitrogens with zero attached hydrogens (tertiary/aromatic N) is 2. The Hall–Kier alpha value is -2.63. The van der Waals surface area contributed by atoms with Crippen LogP contribution in [-0.4, -0.2) is 35.3 Å². The van der Waals surface area contributed by atoms with Gasteiger partial charge in [0.1, 0.15) is 17.9 Å². The van der Waals surface area contributed by atoms with Crippen molar-refractivity contribution in [2.75, 3.05) is 6.61 Å². The van der Waals surface area contributed by atoms with Crippen LogP contribution in [0.2, 0.25) is 0 Å². The van der Waals surface area contributed by atoms with E-state index in [2.05, 4.69) is 17.0 Å². The second-order valence-electron chi connectivity index (χ2n) is 6.11. The quantitative estimate of drug-likeness (QED) is 0.513. The Morgan fingerprint density at radius 3 is 2.83 bits per heavy atom. The van der Waals surface area contributed by atoms with E-state index in [4.69, 9.17) is 4.74 Å². The number of carbonyl (C=O) groups is 2. The average Bonchev–Trinajstić information content (AvgIpc) is 2.82. The van der Waals surface area contributed by atoms with Gasteiger partial charge in [0.15, 0.2) is 0 Å². The Bertz CT molecular complexity index is 678. The maximum absolute atomic E-state index is 12.6. The average molecular weight is 327 g/mol. The first kappa shape index (κ1) is 16.2. The molecule has 1 spiro atoms. The van der Waals surface area contributed by atoms with Crippen molar-refractivity contribution in [1.82, 2.24) is 10.3 Å². The van der Waals surface area contributed by atoms with E-state index in [1.54, 1.807) is 12.1 Å². The van der Waals surface area contributed by atoms with Gasteiger partial charge < -0.3 is 10.1 Å². The molecular formula is C18H21N3O3. The van der Waals surface area contributed by atoms with Gasteiger partial charge in [0.25, 0.3) is 5.91 Å². The lowest BCUT2D eigenvalue weighted by Crippen LogP contribution is -2.48. The Labute approximate surface area is 141 Å². The number of rotatable bonds is 5. The molecule has 3 amide bonds. The van der Waals surface area contributed by atoms with Crippen LogP contribution in [0.15, 0.2) is 42.0 Å². The minimum Gasteiger partial charge on any atom is -0.490 e. The Balaban J connectivity index is 1.73. The molecule has 0 atom stereocenters. The fourth-order valence-electron chi connectivity index (χ4n) is 3.17. The molecule has 24 heavy (non-hydrogen) atoms. The molecule has 6 nitrogen and oxygen atoms in total. The molecule has 1 aromatic rings. The van der Waals surface area contributed by atoms with E-state index in [0.29, 0.717) is 25.2 Å². The number of imide groups is 1. The van der Waals surface area contributed by atoms with Crippen molar-refractivity contribution in [2.45, 2.75) is 37.6 Å². The molecule has 1 aliphatic carbocycles. The highest BCUT2D eigenvalue weighted by Gasteiger charge is 2.51. The monoisotopic (exact) mass is 327 g/mol. The van der Waals surface area contributed by atoms with Crippen LogP contribution >= 0.6 is 0 Å². The summed E-state index contributed by atoms with van der Waals surface area (Å²) in [5, 5.41) is 7.88. The summed E-state index contributed by atoms with van der Waals surface area (Å²) < 4.78 is 5.46. The van der Waals surface area contributed by atoms with Crippen LogP contribution in [-0.2, 0) is 4.79 Å². The van der Waals surface area contributed by atoms with Crippen LogP contribution in [0.5, 0.6) is 5.75 Å². The zero-order chi connectivity index (χ0) is 17.0. The van der Waals surface area contributed by atoms with Crippen molar-refractivity contribution in [3.63, 3.8) is 0 Å². The van der Waals surface area contributed by atoms with Gasteiger partial charge in [0.05, 0.1) is 6.21 Å². The summed E-state index contributed by atoms with van der Waals surface area (Å²) in [6.45, 7) is 4.02. The molecule has 1 aliphatic heterocycles. The van der Waals surface area contributed by atoms with Crippen LogP contribution in [0.4, 0.5) is 4.79 Å². The number of hydrogen-bond acceptors (Lipinski definition) is 4. The van der Waals surface area contributed by atoms with Gasteiger partial charge in [-0.2, -0.15) is 5.10 Å². The molecule has 1 aromatic carbocycles. The molecule has 2 fully saturated rings. The summed E-state index contributed by atoms with van der Waals surface area (Å²) in [6.07, 6.45) is 7.55. The first-order chi connectivity index (χ1) is 11.6. The zero-order valence-electron chi connectivity index (χ0n) is 13.5. The predicted molar refractivity (Wildman–Crippen MR) is 90.9 cm³/mol. The molecular weight excluding hydrogens is 306 g/mol. The van der Waals surface area contributed by atoms with Crippen LogP contribution in [0.3, 0.4) is 0 Å². The topological polar surface area (TPSA) is 71.0 Å². The van der Waals surface area contributed by atoms with Gasteiger partial charge in [0.2, 0.25) is 0 Å². The molecule has 1 saturated heterocycles. The second-order valence-corrected chi connectivity index (χ2v) is 6.11. The summed E-state index contributed by atoms with van der Waals surface area (Å²) in [6, 6.07) is 6.83. The van der Waals surface area contributed by atoms with Crippen molar-refractivity contribution in [1.29, 1.82) is 0 Å². The minimum atomic E-state index is -0.748. The van der Waals surface area contributed by atoms with E-state index in [-0.39, 0.29) is 5.91 Å². The number of benzene rings is 1. The third-order valence-electron chi connectivity index (χ3n) is 4.40. The molecule has 1 N–H and O–H groups in total. The van der Waals surface area contributed by atoms with E-state index >= 15 is 0 Å². The van der Waals surface area contributed by atoms with Crippen molar-refractivity contribution in [3.05, 3.63) is 42.5 Å². The summed E-state index contributed by atoms with van der Waals surface area (Å²) in [5.41, 5.74) is 0.00321. The summed E-state index contributed by atoms with van der Waals surface area (Å²) in [4.78, 5) is 24.7. The first-order valence-electron chi connectivity index (χ1n) is 8.19. The largest absolute Gasteiger partial charge is 0.490 e. The van der Waals surface area contributed by atoms with E-state index in [0.717, 1.165) is 29.8 Å². The number of nitrogens with one attached hydrogen (secondary N) is 1. The number of amides is 3. The van der Waals surface area contributed by atoms with Gasteiger partial charge >= 0.3 is 6.03 Å². The Morgan fingerprint density at radius 2 is 2.08 bits per heavy atom. The van der Waals surface area contributed by atoms with Crippen molar-refractivity contribution in [2.24, 2.45) is 5.10 Å². The maximum Gasteiger partial charge on any atom is 0.346 e. The van der Waals surface area contributed by atoms with Gasteiger partial charge in [-0.05, 0) is 30.5 Å². The number of hydrazone groups is 1. The molecule has 126 valence electrons. The molecule has 1 saturated carbocycles. The van der Waals surface area contributed by atoms with Gasteiger partial charge in [-0.1, -0.05) is 44.1 Å². The highest BCUT2D eigenvalue weighted by Crippen LogP contribution is 2.33. The molecule has 2 aliphatic rings. The second kappa shape index (κ2) is 6.86. The Kier molecular flexibility index (Phi) is 4.64. The number of urea groups is 1. The number of hydrogen-bond donors (Lipinski definition) is 1. The van der Waals surface area contributed by atoms with E-state index in [1.165, 1.54) is 6.21 Å². The molecule has 0 radical (unpaired) electrons. The number of ether oxygens (including phenoxy) is 1. The molecule has 0 aromatic heterocycles. The van der Waals surface area contributed by atoms with Gasteiger partial charge in [0, 0.05) is 0 Å². The van der Waals surface area contributed by atoms with Crippen LogP contribution < -0.4 is 10.1 Å². The molecule has 0 unspecified atom stereocenters. The van der Waals surface area contributed by atoms with Gasteiger partial charge in [-0.25, -0.2) is 4.79 Å². The summed E-state index contributed by atoms with van der Waals surface area (Å²) in [7, 11) is 0.